The first kappa shape index (κ1) is 9.02. The highest BCUT2D eigenvalue weighted by Crippen LogP contribution is 2.30. The summed E-state index contributed by atoms with van der Waals surface area (Å²) in [6.07, 6.45) is 0. The lowest BCUT2D eigenvalue weighted by Crippen LogP contribution is -1.99. The third-order valence-corrected chi connectivity index (χ3v) is 1.61. The molecule has 0 atom stereocenters. The number of anilines is 1. The van der Waals surface area contributed by atoms with E-state index >= 15 is 0 Å². The molecule has 5 nitrogen and oxygen atoms in total. The first-order valence-electron chi connectivity index (χ1n) is 2.78. The van der Waals surface area contributed by atoms with E-state index in [1.54, 1.807) is 0 Å². The third kappa shape index (κ3) is 1.57. The SMILES string of the molecule is Nc1nc(Cl)cc(Cl)c1[N+](=O)[O-]. The van der Waals surface area contributed by atoms with Crippen molar-refractivity contribution in [2.45, 2.75) is 0 Å². The number of aromatic nitrogens is 1. The summed E-state index contributed by atoms with van der Waals surface area (Å²) in [6.45, 7) is 0. The van der Waals surface area contributed by atoms with Crippen molar-refractivity contribution in [1.29, 1.82) is 0 Å². The highest BCUT2D eigenvalue weighted by molar-refractivity contribution is 6.35. The van der Waals surface area contributed by atoms with Crippen molar-refractivity contribution in [1.82, 2.24) is 4.98 Å². The Labute approximate surface area is 77.3 Å². The second kappa shape index (κ2) is 3.12. The maximum Gasteiger partial charge on any atom is 0.329 e. The molecule has 12 heavy (non-hydrogen) atoms. The molecule has 0 saturated heterocycles. The first-order valence-corrected chi connectivity index (χ1v) is 3.54. The largest absolute Gasteiger partial charge is 0.378 e. The normalized spacial score (nSPS) is 9.83. The first-order chi connectivity index (χ1) is 5.52. The molecule has 0 spiro atoms. The summed E-state index contributed by atoms with van der Waals surface area (Å²) in [5, 5.41) is 10.2. The van der Waals surface area contributed by atoms with Crippen LogP contribution in [0.2, 0.25) is 10.2 Å². The monoisotopic (exact) mass is 207 g/mol. The molecule has 0 unspecified atom stereocenters. The van der Waals surface area contributed by atoms with Crippen LogP contribution in [-0.4, -0.2) is 9.91 Å². The molecule has 1 aromatic heterocycles. The van der Waals surface area contributed by atoms with Gasteiger partial charge in [0, 0.05) is 6.07 Å². The van der Waals surface area contributed by atoms with Gasteiger partial charge >= 0.3 is 5.69 Å². The highest BCUT2D eigenvalue weighted by Gasteiger charge is 2.18. The van der Waals surface area contributed by atoms with Crippen molar-refractivity contribution in [3.8, 4) is 0 Å². The van der Waals surface area contributed by atoms with Gasteiger partial charge in [-0.15, -0.1) is 0 Å². The van der Waals surface area contributed by atoms with Gasteiger partial charge in [0.2, 0.25) is 5.82 Å². The standard InChI is InChI=1S/C5H3Cl2N3O2/c6-2-1-3(7)9-5(8)4(2)10(11)12/h1H,(H2,8,9). The van der Waals surface area contributed by atoms with Crippen LogP contribution >= 0.6 is 23.2 Å². The number of rotatable bonds is 1. The lowest BCUT2D eigenvalue weighted by Gasteiger charge is -1.98. The average molecular weight is 208 g/mol. The predicted octanol–water partition coefficient (Wildman–Crippen LogP) is 1.88. The Morgan fingerprint density at radius 2 is 2.17 bits per heavy atom. The lowest BCUT2D eigenvalue weighted by molar-refractivity contribution is -0.384. The Bertz CT molecular complexity index is 318. The second-order valence-corrected chi connectivity index (χ2v) is 2.71. The molecule has 0 aliphatic carbocycles. The number of pyridine rings is 1. The molecule has 64 valence electrons. The van der Waals surface area contributed by atoms with Crippen LogP contribution in [0.1, 0.15) is 0 Å². The number of nitro groups is 1. The van der Waals surface area contributed by atoms with Gasteiger partial charge in [-0.2, -0.15) is 0 Å². The van der Waals surface area contributed by atoms with Crippen LogP contribution in [0.25, 0.3) is 0 Å². The van der Waals surface area contributed by atoms with E-state index in [0.717, 1.165) is 6.07 Å². The van der Waals surface area contributed by atoms with Gasteiger partial charge in [-0.1, -0.05) is 23.2 Å². The number of halogens is 2. The van der Waals surface area contributed by atoms with Gasteiger partial charge in [-0.25, -0.2) is 4.98 Å². The lowest BCUT2D eigenvalue weighted by atomic mass is 10.4. The van der Waals surface area contributed by atoms with Gasteiger partial charge < -0.3 is 5.73 Å². The second-order valence-electron chi connectivity index (χ2n) is 1.92. The van der Waals surface area contributed by atoms with E-state index in [2.05, 4.69) is 4.98 Å². The summed E-state index contributed by atoms with van der Waals surface area (Å²) in [5.41, 5.74) is 4.79. The Kier molecular flexibility index (Phi) is 2.35. The minimum Gasteiger partial charge on any atom is -0.378 e. The van der Waals surface area contributed by atoms with Gasteiger partial charge in [-0.05, 0) is 0 Å². The molecule has 2 N–H and O–H groups in total. The fourth-order valence-electron chi connectivity index (χ4n) is 0.676. The fourth-order valence-corrected chi connectivity index (χ4v) is 1.20. The number of nitrogen functional groups attached to an aromatic ring is 1. The van der Waals surface area contributed by atoms with Crippen molar-refractivity contribution in [3.63, 3.8) is 0 Å². The summed E-state index contributed by atoms with van der Waals surface area (Å²) in [7, 11) is 0. The maximum atomic E-state index is 10.3. The van der Waals surface area contributed by atoms with Crippen molar-refractivity contribution in [3.05, 3.63) is 26.4 Å². The van der Waals surface area contributed by atoms with Crippen molar-refractivity contribution in [2.24, 2.45) is 0 Å². The van der Waals surface area contributed by atoms with Gasteiger partial charge in [0.1, 0.15) is 10.2 Å². The molecular weight excluding hydrogens is 205 g/mol. The molecule has 0 aromatic carbocycles. The van der Waals surface area contributed by atoms with Crippen molar-refractivity contribution in [2.75, 3.05) is 5.73 Å². The van der Waals surface area contributed by atoms with E-state index in [0.29, 0.717) is 0 Å². The van der Waals surface area contributed by atoms with Crippen molar-refractivity contribution >= 4 is 34.7 Å². The highest BCUT2D eigenvalue weighted by atomic mass is 35.5. The summed E-state index contributed by atoms with van der Waals surface area (Å²) in [5.74, 6) is -0.280. The summed E-state index contributed by atoms with van der Waals surface area (Å²) < 4.78 is 0. The quantitative estimate of drug-likeness (QED) is 0.433. The number of nitrogens with two attached hydrogens (primary N) is 1. The molecule has 1 heterocycles. The fraction of sp³-hybridized carbons (Fsp3) is 0. The van der Waals surface area contributed by atoms with Crippen LogP contribution in [-0.2, 0) is 0 Å². The summed E-state index contributed by atoms with van der Waals surface area (Å²) in [4.78, 5) is 13.1. The Morgan fingerprint density at radius 3 is 2.58 bits per heavy atom. The number of hydrogen-bond donors (Lipinski definition) is 1. The van der Waals surface area contributed by atoms with Crippen LogP contribution in [0.5, 0.6) is 0 Å². The molecular formula is C5H3Cl2N3O2. The smallest absolute Gasteiger partial charge is 0.329 e. The average Bonchev–Trinajstić information content (AvgIpc) is 1.82. The molecule has 1 aromatic rings. The molecule has 0 bridgehead atoms. The van der Waals surface area contributed by atoms with Crippen LogP contribution in [0, 0.1) is 10.1 Å². The molecule has 0 amide bonds. The number of hydrogen-bond acceptors (Lipinski definition) is 4. The molecule has 0 saturated carbocycles. The van der Waals surface area contributed by atoms with Gasteiger partial charge in [0.05, 0.1) is 4.92 Å². The summed E-state index contributed by atoms with van der Waals surface area (Å²) >= 11 is 10.9. The Morgan fingerprint density at radius 1 is 1.58 bits per heavy atom. The molecule has 7 heteroatoms. The molecule has 0 radical (unpaired) electrons. The topological polar surface area (TPSA) is 82.0 Å². The third-order valence-electron chi connectivity index (χ3n) is 1.12. The van der Waals surface area contributed by atoms with Gasteiger partial charge in [-0.3, -0.25) is 10.1 Å². The van der Waals surface area contributed by atoms with E-state index in [4.69, 9.17) is 28.9 Å². The number of nitrogens with zero attached hydrogens (tertiary/aromatic N) is 2. The molecule has 1 rings (SSSR count). The van der Waals surface area contributed by atoms with Crippen LogP contribution < -0.4 is 5.73 Å². The summed E-state index contributed by atoms with van der Waals surface area (Å²) in [6, 6.07) is 1.16. The maximum absolute atomic E-state index is 10.3. The van der Waals surface area contributed by atoms with E-state index in [9.17, 15) is 10.1 Å². The van der Waals surface area contributed by atoms with E-state index < -0.39 is 10.6 Å². The molecule has 0 fully saturated rings. The van der Waals surface area contributed by atoms with Gasteiger partial charge in [0.25, 0.3) is 0 Å². The van der Waals surface area contributed by atoms with Crippen LogP contribution in [0.4, 0.5) is 11.5 Å². The zero-order valence-electron chi connectivity index (χ0n) is 5.62. The zero-order valence-corrected chi connectivity index (χ0v) is 7.13. The Hall–Kier alpha value is -1.07. The van der Waals surface area contributed by atoms with Crippen molar-refractivity contribution < 1.29 is 4.92 Å². The van der Waals surface area contributed by atoms with Gasteiger partial charge in [0.15, 0.2) is 0 Å². The van der Waals surface area contributed by atoms with E-state index in [1.807, 2.05) is 0 Å². The minimum absolute atomic E-state index is 0.0306. The molecule has 0 aliphatic heterocycles. The minimum atomic E-state index is -0.707. The Balaban J connectivity index is 3.38. The molecule has 0 aliphatic rings. The predicted molar refractivity (Wildman–Crippen MR) is 45.3 cm³/mol. The van der Waals surface area contributed by atoms with E-state index in [-0.39, 0.29) is 16.0 Å². The van der Waals surface area contributed by atoms with Crippen LogP contribution in [0.15, 0.2) is 6.07 Å². The van der Waals surface area contributed by atoms with E-state index in [1.165, 1.54) is 0 Å². The zero-order chi connectivity index (χ0) is 9.30. The van der Waals surface area contributed by atoms with Crippen LogP contribution in [0.3, 0.4) is 0 Å².